The van der Waals surface area contributed by atoms with Gasteiger partial charge in [0.1, 0.15) is 18.3 Å². The molecule has 1 aliphatic carbocycles. The van der Waals surface area contributed by atoms with Crippen molar-refractivity contribution < 1.29 is 33.3 Å². The van der Waals surface area contributed by atoms with E-state index in [1.165, 1.54) is 13.3 Å². The lowest BCUT2D eigenvalue weighted by Crippen LogP contribution is -2.56. The van der Waals surface area contributed by atoms with Crippen molar-refractivity contribution in [1.82, 2.24) is 0 Å². The second-order valence-corrected chi connectivity index (χ2v) is 8.39. The Labute approximate surface area is 179 Å². The van der Waals surface area contributed by atoms with E-state index in [1.54, 1.807) is 0 Å². The number of hydrogen-bond acceptors (Lipinski definition) is 7. The van der Waals surface area contributed by atoms with Gasteiger partial charge in [0, 0.05) is 25.7 Å². The van der Waals surface area contributed by atoms with Crippen LogP contribution in [0.4, 0.5) is 0 Å². The molecule has 7 nitrogen and oxygen atoms in total. The van der Waals surface area contributed by atoms with E-state index in [4.69, 9.17) is 28.5 Å². The van der Waals surface area contributed by atoms with Crippen LogP contribution >= 0.6 is 0 Å². The molecular weight excluding hydrogens is 388 g/mol. The number of hydrogen-bond donors (Lipinski definition) is 0. The molecule has 0 amide bonds. The minimum atomic E-state index is -0.466. The fourth-order valence-electron chi connectivity index (χ4n) is 4.82. The molecule has 0 bridgehead atoms. The summed E-state index contributed by atoms with van der Waals surface area (Å²) in [5.41, 5.74) is 0. The Balaban J connectivity index is 0.00000101. The average molecular weight is 425 g/mol. The minimum absolute atomic E-state index is 0.00788. The van der Waals surface area contributed by atoms with Gasteiger partial charge in [-0.1, -0.05) is 39.3 Å². The van der Waals surface area contributed by atoms with Crippen LogP contribution in [0.25, 0.3) is 0 Å². The van der Waals surface area contributed by atoms with Crippen LogP contribution in [0, 0.1) is 5.92 Å². The Hall–Kier alpha value is -1.53. The first-order chi connectivity index (χ1) is 14.4. The summed E-state index contributed by atoms with van der Waals surface area (Å²) in [5, 5.41) is 0. The maximum atomic E-state index is 11.6. The molecule has 0 aromatic carbocycles. The fraction of sp³-hybridized carbons (Fsp3) is 0.826. The molecule has 0 aromatic rings. The van der Waals surface area contributed by atoms with Crippen LogP contribution in [0.1, 0.15) is 79.1 Å². The van der Waals surface area contributed by atoms with E-state index in [9.17, 15) is 4.79 Å². The van der Waals surface area contributed by atoms with Gasteiger partial charge in [-0.25, -0.2) is 0 Å². The van der Waals surface area contributed by atoms with Crippen molar-refractivity contribution in [3.05, 3.63) is 12.2 Å². The normalized spacial score (nSPS) is 33.3. The van der Waals surface area contributed by atoms with Crippen LogP contribution in [0.3, 0.4) is 0 Å². The molecule has 6 atom stereocenters. The zero-order chi connectivity index (χ0) is 22.1. The van der Waals surface area contributed by atoms with E-state index in [-0.39, 0.29) is 48.6 Å². The summed E-state index contributed by atoms with van der Waals surface area (Å²) in [7, 11) is 0. The molecule has 170 valence electrons. The molecule has 0 radical (unpaired) electrons. The van der Waals surface area contributed by atoms with Crippen molar-refractivity contribution in [1.29, 1.82) is 0 Å². The molecule has 3 aliphatic rings. The molecule has 0 aromatic heterocycles. The summed E-state index contributed by atoms with van der Waals surface area (Å²) < 4.78 is 25.3. The molecular formula is C23H36O7. The van der Waals surface area contributed by atoms with Gasteiger partial charge >= 0.3 is 12.1 Å². The van der Waals surface area contributed by atoms with Gasteiger partial charge in [0.15, 0.2) is 5.79 Å². The monoisotopic (exact) mass is 424 g/mol. The second-order valence-electron chi connectivity index (χ2n) is 8.39. The summed E-state index contributed by atoms with van der Waals surface area (Å²) in [6.45, 7) is 7.83. The fourth-order valence-corrected chi connectivity index (χ4v) is 4.82. The molecule has 1 spiro atoms. The van der Waals surface area contributed by atoms with Crippen LogP contribution in [-0.4, -0.2) is 48.4 Å². The molecule has 0 N–H and O–H groups in total. The Bertz CT molecular complexity index is 605. The van der Waals surface area contributed by atoms with Gasteiger partial charge in [-0.2, -0.15) is 9.59 Å². The maximum absolute atomic E-state index is 11.6. The van der Waals surface area contributed by atoms with Gasteiger partial charge in [0.2, 0.25) is 0 Å². The van der Waals surface area contributed by atoms with Crippen LogP contribution in [-0.2, 0) is 33.3 Å². The van der Waals surface area contributed by atoms with E-state index in [1.807, 2.05) is 6.92 Å². The van der Waals surface area contributed by atoms with E-state index in [2.05, 4.69) is 26.0 Å². The molecule has 2 heterocycles. The van der Waals surface area contributed by atoms with Gasteiger partial charge < -0.3 is 18.9 Å². The SMILES string of the molecule is CCC=CC[C@@H]1O[C@@H]([C@@H](CC)OC(C)=O)C2OC3(CCCCC3)O[C@H]2[C@H]1C.O=C=O. The van der Waals surface area contributed by atoms with Crippen molar-refractivity contribution >= 4 is 12.1 Å². The third-order valence-electron chi connectivity index (χ3n) is 6.26. The molecule has 3 rings (SSSR count). The zero-order valence-electron chi connectivity index (χ0n) is 18.6. The van der Waals surface area contributed by atoms with Crippen molar-refractivity contribution in [2.45, 2.75) is 115 Å². The van der Waals surface area contributed by atoms with Crippen LogP contribution in [0.2, 0.25) is 0 Å². The summed E-state index contributed by atoms with van der Waals surface area (Å²) in [6.07, 6.45) is 11.9. The lowest BCUT2D eigenvalue weighted by atomic mass is 9.84. The lowest BCUT2D eigenvalue weighted by Gasteiger charge is -2.43. The van der Waals surface area contributed by atoms with Gasteiger partial charge in [0.05, 0.1) is 12.2 Å². The standard InChI is InChI=1S/C22H36O5.CO2/c1-5-7-9-12-18-15(3)19-21(20(25-18)17(6-2)24-16(4)23)27-22(26-19)13-10-8-11-14-22;2-1-3/h7,9,15,17-21H,5-6,8,10-14H2,1-4H3;/t15-,17+,18-,19-,20-,21?;/m0./s1. The first-order valence-electron chi connectivity index (χ1n) is 11.2. The number of allylic oxidation sites excluding steroid dienone is 1. The minimum Gasteiger partial charge on any atom is -0.460 e. The van der Waals surface area contributed by atoms with Crippen molar-refractivity contribution in [2.24, 2.45) is 5.92 Å². The van der Waals surface area contributed by atoms with E-state index in [0.717, 1.165) is 38.5 Å². The Morgan fingerprint density at radius 3 is 2.33 bits per heavy atom. The first kappa shape index (κ1) is 24.7. The van der Waals surface area contributed by atoms with E-state index < -0.39 is 5.79 Å². The topological polar surface area (TPSA) is 88.1 Å². The Kier molecular flexibility index (Phi) is 9.69. The maximum Gasteiger partial charge on any atom is 0.373 e. The number of esters is 1. The summed E-state index contributed by atoms with van der Waals surface area (Å²) >= 11 is 0. The zero-order valence-corrected chi connectivity index (χ0v) is 18.6. The van der Waals surface area contributed by atoms with Crippen LogP contribution in [0.15, 0.2) is 12.2 Å². The molecule has 30 heavy (non-hydrogen) atoms. The van der Waals surface area contributed by atoms with E-state index in [0.29, 0.717) is 6.42 Å². The Morgan fingerprint density at radius 2 is 1.77 bits per heavy atom. The van der Waals surface area contributed by atoms with Crippen LogP contribution < -0.4 is 0 Å². The van der Waals surface area contributed by atoms with Gasteiger partial charge in [0.25, 0.3) is 0 Å². The molecule has 3 fully saturated rings. The highest BCUT2D eigenvalue weighted by Gasteiger charge is 2.58. The molecule has 1 unspecified atom stereocenters. The van der Waals surface area contributed by atoms with Gasteiger partial charge in [-0.05, 0) is 32.1 Å². The average Bonchev–Trinajstić information content (AvgIpc) is 3.08. The largest absolute Gasteiger partial charge is 0.460 e. The summed E-state index contributed by atoms with van der Waals surface area (Å²) in [4.78, 5) is 27.9. The highest BCUT2D eigenvalue weighted by molar-refractivity contribution is 5.66. The van der Waals surface area contributed by atoms with Crippen molar-refractivity contribution in [3.8, 4) is 0 Å². The van der Waals surface area contributed by atoms with Crippen molar-refractivity contribution in [2.75, 3.05) is 0 Å². The molecule has 2 saturated heterocycles. The highest BCUT2D eigenvalue weighted by atomic mass is 16.8. The third-order valence-corrected chi connectivity index (χ3v) is 6.26. The van der Waals surface area contributed by atoms with E-state index >= 15 is 0 Å². The smallest absolute Gasteiger partial charge is 0.373 e. The summed E-state index contributed by atoms with van der Waals surface area (Å²) in [5.74, 6) is -0.496. The number of rotatable bonds is 6. The Morgan fingerprint density at radius 1 is 1.13 bits per heavy atom. The van der Waals surface area contributed by atoms with Gasteiger partial charge in [-0.3, -0.25) is 4.79 Å². The van der Waals surface area contributed by atoms with Gasteiger partial charge in [-0.15, -0.1) is 0 Å². The van der Waals surface area contributed by atoms with Crippen LogP contribution in [0.5, 0.6) is 0 Å². The predicted molar refractivity (Wildman–Crippen MR) is 108 cm³/mol. The molecule has 1 saturated carbocycles. The first-order valence-corrected chi connectivity index (χ1v) is 11.2. The number of carbonyl (C=O) groups is 1. The summed E-state index contributed by atoms with van der Waals surface area (Å²) in [6, 6.07) is 0. The van der Waals surface area contributed by atoms with Crippen molar-refractivity contribution in [3.63, 3.8) is 0 Å². The number of carbonyl (C=O) groups excluding carboxylic acids is 3. The number of fused-ring (bicyclic) bond motifs is 1. The predicted octanol–water partition coefficient (Wildman–Crippen LogP) is 3.95. The molecule has 2 aliphatic heterocycles. The quantitative estimate of drug-likeness (QED) is 0.471. The lowest BCUT2D eigenvalue weighted by molar-refractivity contribution is -0.213. The molecule has 7 heteroatoms. The third kappa shape index (κ3) is 6.01. The number of ether oxygens (including phenoxy) is 4. The second kappa shape index (κ2) is 11.8. The highest BCUT2D eigenvalue weighted by Crippen LogP contribution is 2.47.